The van der Waals surface area contributed by atoms with Gasteiger partial charge in [-0.05, 0) is 36.1 Å². The number of carbonyl (C=O) groups is 1. The molecule has 1 aliphatic rings. The Bertz CT molecular complexity index is 696. The molecule has 0 radical (unpaired) electrons. The molecule has 4 nitrogen and oxygen atoms in total. The second-order valence-corrected chi connectivity index (χ2v) is 6.42. The summed E-state index contributed by atoms with van der Waals surface area (Å²) in [7, 11) is 1.84. The number of carbonyl (C=O) groups excluding carboxylic acids is 1. The molecule has 0 unspecified atom stereocenters. The van der Waals surface area contributed by atoms with Crippen molar-refractivity contribution in [2.75, 3.05) is 25.0 Å². The van der Waals surface area contributed by atoms with Crippen LogP contribution in [0.3, 0.4) is 0 Å². The molecule has 126 valence electrons. The zero-order valence-corrected chi connectivity index (χ0v) is 14.5. The van der Waals surface area contributed by atoms with E-state index in [1.54, 1.807) is 4.90 Å². The molecule has 1 aliphatic heterocycles. The minimum Gasteiger partial charge on any atom is -0.366 e. The first-order valence-electron chi connectivity index (χ1n) is 8.72. The largest absolute Gasteiger partial charge is 0.366 e. The second-order valence-electron chi connectivity index (χ2n) is 6.42. The van der Waals surface area contributed by atoms with Crippen LogP contribution in [0.5, 0.6) is 0 Å². The highest BCUT2D eigenvalue weighted by molar-refractivity contribution is 5.92. The van der Waals surface area contributed by atoms with Gasteiger partial charge >= 0.3 is 0 Å². The van der Waals surface area contributed by atoms with E-state index in [4.69, 9.17) is 0 Å². The van der Waals surface area contributed by atoms with Crippen molar-refractivity contribution < 1.29 is 4.79 Å². The number of rotatable bonds is 5. The number of benzene rings is 1. The van der Waals surface area contributed by atoms with Crippen molar-refractivity contribution in [1.29, 1.82) is 0 Å². The fourth-order valence-electron chi connectivity index (χ4n) is 3.11. The van der Waals surface area contributed by atoms with Crippen LogP contribution >= 0.6 is 0 Å². The Morgan fingerprint density at radius 2 is 2.00 bits per heavy atom. The normalized spacial score (nSPS) is 13.5. The SMILES string of the molecule is CCCCN(C)C(=O)c1ccc(N2CCc3ccccc3C2)cn1. The Morgan fingerprint density at radius 1 is 1.21 bits per heavy atom. The molecule has 1 aromatic carbocycles. The van der Waals surface area contributed by atoms with E-state index < -0.39 is 0 Å². The van der Waals surface area contributed by atoms with E-state index in [9.17, 15) is 4.79 Å². The fraction of sp³-hybridized carbons (Fsp3) is 0.400. The lowest BCUT2D eigenvalue weighted by Crippen LogP contribution is -2.31. The van der Waals surface area contributed by atoms with Crippen LogP contribution in [0.25, 0.3) is 0 Å². The van der Waals surface area contributed by atoms with Crippen molar-refractivity contribution >= 4 is 11.6 Å². The second kappa shape index (κ2) is 7.47. The zero-order chi connectivity index (χ0) is 16.9. The van der Waals surface area contributed by atoms with Gasteiger partial charge in [0.15, 0.2) is 0 Å². The summed E-state index contributed by atoms with van der Waals surface area (Å²) < 4.78 is 0. The van der Waals surface area contributed by atoms with Gasteiger partial charge in [-0.1, -0.05) is 37.6 Å². The Kier molecular flexibility index (Phi) is 5.14. The fourth-order valence-corrected chi connectivity index (χ4v) is 3.11. The Hall–Kier alpha value is -2.36. The van der Waals surface area contributed by atoms with Crippen LogP contribution in [0, 0.1) is 0 Å². The summed E-state index contributed by atoms with van der Waals surface area (Å²) >= 11 is 0. The molecule has 1 aromatic heterocycles. The molecule has 0 aliphatic carbocycles. The van der Waals surface area contributed by atoms with Crippen LogP contribution in [0.1, 0.15) is 41.4 Å². The van der Waals surface area contributed by atoms with E-state index in [-0.39, 0.29) is 5.91 Å². The number of unbranched alkanes of at least 4 members (excludes halogenated alkanes) is 1. The van der Waals surface area contributed by atoms with Gasteiger partial charge in [-0.15, -0.1) is 0 Å². The first-order valence-corrected chi connectivity index (χ1v) is 8.72. The zero-order valence-electron chi connectivity index (χ0n) is 14.5. The molecule has 0 atom stereocenters. The number of amides is 1. The summed E-state index contributed by atoms with van der Waals surface area (Å²) in [4.78, 5) is 20.8. The van der Waals surface area contributed by atoms with E-state index in [1.165, 1.54) is 11.1 Å². The number of nitrogens with zero attached hydrogens (tertiary/aromatic N) is 3. The van der Waals surface area contributed by atoms with Crippen molar-refractivity contribution in [1.82, 2.24) is 9.88 Å². The van der Waals surface area contributed by atoms with Crippen molar-refractivity contribution in [3.63, 3.8) is 0 Å². The Labute approximate surface area is 144 Å². The molecular weight excluding hydrogens is 298 g/mol. The van der Waals surface area contributed by atoms with Crippen molar-refractivity contribution in [3.05, 3.63) is 59.4 Å². The molecule has 4 heteroatoms. The third-order valence-corrected chi connectivity index (χ3v) is 4.66. The predicted molar refractivity (Wildman–Crippen MR) is 97.3 cm³/mol. The van der Waals surface area contributed by atoms with Crippen LogP contribution in [-0.2, 0) is 13.0 Å². The lowest BCUT2D eigenvalue weighted by atomic mass is 10.00. The number of fused-ring (bicyclic) bond motifs is 1. The van der Waals surface area contributed by atoms with E-state index >= 15 is 0 Å². The maximum absolute atomic E-state index is 12.4. The molecule has 2 aromatic rings. The number of hydrogen-bond donors (Lipinski definition) is 0. The lowest BCUT2D eigenvalue weighted by Gasteiger charge is -2.30. The van der Waals surface area contributed by atoms with Gasteiger partial charge in [0.25, 0.3) is 5.91 Å². The molecule has 0 saturated heterocycles. The number of pyridine rings is 1. The smallest absolute Gasteiger partial charge is 0.272 e. The first kappa shape index (κ1) is 16.5. The highest BCUT2D eigenvalue weighted by atomic mass is 16.2. The Morgan fingerprint density at radius 3 is 2.71 bits per heavy atom. The van der Waals surface area contributed by atoms with Crippen molar-refractivity contribution in [2.45, 2.75) is 32.7 Å². The predicted octanol–water partition coefficient (Wildman–Crippen LogP) is 3.52. The van der Waals surface area contributed by atoms with Crippen LogP contribution < -0.4 is 4.90 Å². The molecule has 0 N–H and O–H groups in total. The maximum atomic E-state index is 12.4. The van der Waals surface area contributed by atoms with Gasteiger partial charge in [0.1, 0.15) is 5.69 Å². The molecule has 0 saturated carbocycles. The quantitative estimate of drug-likeness (QED) is 0.845. The molecular formula is C20H25N3O. The summed E-state index contributed by atoms with van der Waals surface area (Å²) in [5.41, 5.74) is 4.42. The Balaban J connectivity index is 1.68. The van der Waals surface area contributed by atoms with Gasteiger partial charge in [-0.2, -0.15) is 0 Å². The van der Waals surface area contributed by atoms with E-state index in [0.717, 1.165) is 44.6 Å². The van der Waals surface area contributed by atoms with Gasteiger partial charge < -0.3 is 9.80 Å². The summed E-state index contributed by atoms with van der Waals surface area (Å²) in [6, 6.07) is 12.5. The van der Waals surface area contributed by atoms with Gasteiger partial charge in [0.05, 0.1) is 11.9 Å². The summed E-state index contributed by atoms with van der Waals surface area (Å²) in [6.07, 6.45) is 4.99. The minimum absolute atomic E-state index is 0.000935. The van der Waals surface area contributed by atoms with Crippen LogP contribution in [0.2, 0.25) is 0 Å². The molecule has 3 rings (SSSR count). The number of hydrogen-bond acceptors (Lipinski definition) is 3. The van der Waals surface area contributed by atoms with Crippen molar-refractivity contribution in [3.8, 4) is 0 Å². The van der Waals surface area contributed by atoms with Gasteiger partial charge in [0.2, 0.25) is 0 Å². The lowest BCUT2D eigenvalue weighted by molar-refractivity contribution is 0.0787. The molecule has 2 heterocycles. The standard InChI is InChI=1S/C20H25N3O/c1-3-4-12-22(2)20(24)19-10-9-18(14-21-19)23-13-11-16-7-5-6-8-17(16)15-23/h5-10,14H,3-4,11-13,15H2,1-2H3. The molecule has 0 fully saturated rings. The molecule has 0 bridgehead atoms. The van der Waals surface area contributed by atoms with E-state index in [0.29, 0.717) is 5.69 Å². The third-order valence-electron chi connectivity index (χ3n) is 4.66. The monoisotopic (exact) mass is 323 g/mol. The highest BCUT2D eigenvalue weighted by Crippen LogP contribution is 2.24. The molecule has 24 heavy (non-hydrogen) atoms. The van der Waals surface area contributed by atoms with Crippen molar-refractivity contribution in [2.24, 2.45) is 0 Å². The minimum atomic E-state index is -0.000935. The summed E-state index contributed by atoms with van der Waals surface area (Å²) in [5, 5.41) is 0. The van der Waals surface area contributed by atoms with Gasteiger partial charge in [-0.3, -0.25) is 4.79 Å². The average molecular weight is 323 g/mol. The van der Waals surface area contributed by atoms with Crippen LogP contribution in [0.4, 0.5) is 5.69 Å². The highest BCUT2D eigenvalue weighted by Gasteiger charge is 2.17. The van der Waals surface area contributed by atoms with Gasteiger partial charge in [0, 0.05) is 26.7 Å². The summed E-state index contributed by atoms with van der Waals surface area (Å²) in [5.74, 6) is -0.000935. The topological polar surface area (TPSA) is 36.4 Å². The number of aromatic nitrogens is 1. The van der Waals surface area contributed by atoms with E-state index in [2.05, 4.69) is 41.1 Å². The first-order chi connectivity index (χ1) is 11.7. The average Bonchev–Trinajstić information content (AvgIpc) is 2.65. The molecule has 1 amide bonds. The number of anilines is 1. The van der Waals surface area contributed by atoms with E-state index in [1.807, 2.05) is 25.4 Å². The maximum Gasteiger partial charge on any atom is 0.272 e. The third kappa shape index (κ3) is 3.58. The summed E-state index contributed by atoms with van der Waals surface area (Å²) in [6.45, 7) is 4.80. The van der Waals surface area contributed by atoms with Gasteiger partial charge in [-0.25, -0.2) is 4.98 Å². The molecule has 0 spiro atoms. The van der Waals surface area contributed by atoms with Crippen LogP contribution in [-0.4, -0.2) is 35.9 Å². The van der Waals surface area contributed by atoms with Crippen LogP contribution in [0.15, 0.2) is 42.6 Å².